The Labute approximate surface area is 232 Å². The summed E-state index contributed by atoms with van der Waals surface area (Å²) in [6.07, 6.45) is -1.07. The molecule has 2 N–H and O–H groups in total. The Balaban J connectivity index is 1.43. The number of carbonyl (C=O) groups is 1. The predicted octanol–water partition coefficient (Wildman–Crippen LogP) is 5.55. The number of hydrogen-bond acceptors (Lipinski definition) is 4. The summed E-state index contributed by atoms with van der Waals surface area (Å²) in [5.41, 5.74) is 3.79. The Kier molecular flexibility index (Phi) is 9.56. The fraction of sp³-hybridized carbons (Fsp3) is 0.367. The quantitative estimate of drug-likeness (QED) is 0.294. The molecule has 0 spiro atoms. The third-order valence-corrected chi connectivity index (χ3v) is 7.21. The highest BCUT2D eigenvalue weighted by Gasteiger charge is 2.29. The van der Waals surface area contributed by atoms with Crippen molar-refractivity contribution in [2.45, 2.75) is 51.1 Å². The molecule has 4 rings (SSSR count). The topological polar surface area (TPSA) is 61.8 Å². The van der Waals surface area contributed by atoms with Crippen LogP contribution in [-0.4, -0.2) is 53.9 Å². The van der Waals surface area contributed by atoms with Gasteiger partial charge in [0, 0.05) is 23.2 Å². The minimum Gasteiger partial charge on any atom is -0.491 e. The van der Waals surface area contributed by atoms with Crippen LogP contribution in [0.4, 0.5) is 4.39 Å². The van der Waals surface area contributed by atoms with E-state index in [-0.39, 0.29) is 18.4 Å². The normalized spacial score (nSPS) is 17.5. The molecule has 1 heterocycles. The van der Waals surface area contributed by atoms with E-state index < -0.39 is 18.3 Å². The lowest BCUT2D eigenvalue weighted by molar-refractivity contribution is -0.122. The van der Waals surface area contributed by atoms with Crippen LogP contribution < -0.4 is 10.1 Å². The van der Waals surface area contributed by atoms with Crippen LogP contribution in [0, 0.1) is 3.57 Å². The fourth-order valence-electron chi connectivity index (χ4n) is 4.60. The van der Waals surface area contributed by atoms with Gasteiger partial charge in [0.05, 0.1) is 18.6 Å². The zero-order valence-corrected chi connectivity index (χ0v) is 23.4. The first-order valence-corrected chi connectivity index (χ1v) is 13.8. The predicted molar refractivity (Wildman–Crippen MR) is 153 cm³/mol. The lowest BCUT2D eigenvalue weighted by Crippen LogP contribution is -2.47. The van der Waals surface area contributed by atoms with Gasteiger partial charge < -0.3 is 15.2 Å². The van der Waals surface area contributed by atoms with Gasteiger partial charge >= 0.3 is 0 Å². The maximum absolute atomic E-state index is 13.8. The van der Waals surface area contributed by atoms with Gasteiger partial charge in [0.15, 0.2) is 0 Å². The third kappa shape index (κ3) is 7.99. The Morgan fingerprint density at radius 1 is 1.05 bits per heavy atom. The average molecular weight is 617 g/mol. The van der Waals surface area contributed by atoms with Gasteiger partial charge in [0.2, 0.25) is 5.91 Å². The molecule has 0 aliphatic carbocycles. The molecule has 1 fully saturated rings. The van der Waals surface area contributed by atoms with Crippen molar-refractivity contribution in [3.8, 4) is 16.9 Å². The SMILES string of the molecule is CC(C)Oc1ccc([C@@H](O)[C@@H](CN2CC[C@@H](F)C2)NC(=O)Cc2ccc(-c3ccc(I)cc3)cc2)cc1. The van der Waals surface area contributed by atoms with Crippen molar-refractivity contribution in [2.75, 3.05) is 19.6 Å². The summed E-state index contributed by atoms with van der Waals surface area (Å²) >= 11 is 2.28. The van der Waals surface area contributed by atoms with E-state index in [2.05, 4.69) is 52.2 Å². The zero-order valence-electron chi connectivity index (χ0n) is 21.2. The molecule has 1 aliphatic rings. The molecule has 1 amide bonds. The first kappa shape index (κ1) is 27.5. The summed E-state index contributed by atoms with van der Waals surface area (Å²) in [7, 11) is 0. The van der Waals surface area contributed by atoms with Gasteiger partial charge in [-0.05, 0) is 89.4 Å². The highest BCUT2D eigenvalue weighted by atomic mass is 127. The largest absolute Gasteiger partial charge is 0.491 e. The molecule has 0 radical (unpaired) electrons. The van der Waals surface area contributed by atoms with Crippen molar-refractivity contribution < 1.29 is 19.0 Å². The van der Waals surface area contributed by atoms with Gasteiger partial charge in [-0.25, -0.2) is 4.39 Å². The first-order chi connectivity index (χ1) is 17.8. The number of nitrogens with one attached hydrogen (secondary N) is 1. The molecule has 1 aliphatic heterocycles. The van der Waals surface area contributed by atoms with Crippen molar-refractivity contribution in [3.05, 3.63) is 87.5 Å². The summed E-state index contributed by atoms with van der Waals surface area (Å²) in [6.45, 7) is 5.22. The molecule has 7 heteroatoms. The lowest BCUT2D eigenvalue weighted by Gasteiger charge is -2.29. The maximum atomic E-state index is 13.8. The van der Waals surface area contributed by atoms with Crippen LogP contribution in [-0.2, 0) is 11.2 Å². The Morgan fingerprint density at radius 2 is 1.68 bits per heavy atom. The number of benzene rings is 3. The Bertz CT molecular complexity index is 1150. The van der Waals surface area contributed by atoms with E-state index in [1.54, 1.807) is 0 Å². The second-order valence-corrected chi connectivity index (χ2v) is 11.1. The maximum Gasteiger partial charge on any atom is 0.224 e. The number of amides is 1. The second kappa shape index (κ2) is 12.8. The molecule has 5 nitrogen and oxygen atoms in total. The number of alkyl halides is 1. The van der Waals surface area contributed by atoms with Crippen LogP contribution in [0.5, 0.6) is 5.75 Å². The smallest absolute Gasteiger partial charge is 0.224 e. The van der Waals surface area contributed by atoms with Crippen molar-refractivity contribution in [2.24, 2.45) is 0 Å². The van der Waals surface area contributed by atoms with E-state index in [1.807, 2.05) is 67.3 Å². The van der Waals surface area contributed by atoms with Gasteiger partial charge in [-0.3, -0.25) is 9.69 Å². The molecule has 37 heavy (non-hydrogen) atoms. The van der Waals surface area contributed by atoms with Gasteiger partial charge in [0.25, 0.3) is 0 Å². The van der Waals surface area contributed by atoms with Crippen molar-refractivity contribution in [3.63, 3.8) is 0 Å². The molecule has 3 aromatic rings. The summed E-state index contributed by atoms with van der Waals surface area (Å²) in [5, 5.41) is 14.2. The monoisotopic (exact) mass is 616 g/mol. The number of aliphatic hydroxyl groups excluding tert-OH is 1. The number of carbonyl (C=O) groups excluding carboxylic acids is 1. The number of nitrogens with zero attached hydrogens (tertiary/aromatic N) is 1. The molecule has 3 atom stereocenters. The first-order valence-electron chi connectivity index (χ1n) is 12.7. The van der Waals surface area contributed by atoms with Crippen LogP contribution in [0.1, 0.15) is 37.5 Å². The number of likely N-dealkylation sites (tertiary alicyclic amines) is 1. The Hall–Kier alpha value is -2.49. The van der Waals surface area contributed by atoms with Crippen LogP contribution in [0.15, 0.2) is 72.8 Å². The summed E-state index contributed by atoms with van der Waals surface area (Å²) in [4.78, 5) is 15.0. The second-order valence-electron chi connectivity index (χ2n) is 9.88. The van der Waals surface area contributed by atoms with E-state index in [9.17, 15) is 14.3 Å². The van der Waals surface area contributed by atoms with Crippen molar-refractivity contribution >= 4 is 28.5 Å². The number of ether oxygens (including phenoxy) is 1. The van der Waals surface area contributed by atoms with Crippen LogP contribution in [0.3, 0.4) is 0 Å². The number of hydrogen-bond donors (Lipinski definition) is 2. The van der Waals surface area contributed by atoms with Gasteiger partial charge in [0.1, 0.15) is 18.0 Å². The highest BCUT2D eigenvalue weighted by molar-refractivity contribution is 14.1. The molecular formula is C30H34FIN2O3. The average Bonchev–Trinajstić information content (AvgIpc) is 3.29. The molecule has 196 valence electrons. The van der Waals surface area contributed by atoms with Crippen molar-refractivity contribution in [1.82, 2.24) is 10.2 Å². The standard InChI is InChI=1S/C30H34FIN2O3/c1-20(2)37-27-13-9-24(10-14-27)30(36)28(19-34-16-15-25(31)18-34)33-29(35)17-21-3-5-22(6-4-21)23-7-11-26(32)12-8-23/h3-14,20,25,28,30,36H,15-19H2,1-2H3,(H,33,35)/t25-,28-,30-/m1/s1. The number of aliphatic hydroxyl groups is 1. The summed E-state index contributed by atoms with van der Waals surface area (Å²) in [5.74, 6) is 0.543. The molecule has 0 aromatic heterocycles. The molecule has 0 saturated carbocycles. The number of halogens is 2. The number of rotatable bonds is 10. The molecular weight excluding hydrogens is 582 g/mol. The van der Waals surface area contributed by atoms with Crippen LogP contribution in [0.25, 0.3) is 11.1 Å². The van der Waals surface area contributed by atoms with E-state index in [0.29, 0.717) is 31.6 Å². The lowest BCUT2D eigenvalue weighted by atomic mass is 10.0. The fourth-order valence-corrected chi connectivity index (χ4v) is 4.96. The molecule has 0 bridgehead atoms. The molecule has 0 unspecified atom stereocenters. The zero-order chi connectivity index (χ0) is 26.4. The van der Waals surface area contributed by atoms with Crippen LogP contribution in [0.2, 0.25) is 0 Å². The minimum atomic E-state index is -0.932. The Morgan fingerprint density at radius 3 is 2.24 bits per heavy atom. The van der Waals surface area contributed by atoms with Gasteiger partial charge in [-0.1, -0.05) is 48.5 Å². The minimum absolute atomic E-state index is 0.0530. The van der Waals surface area contributed by atoms with E-state index in [4.69, 9.17) is 4.74 Å². The summed E-state index contributed by atoms with van der Waals surface area (Å²) in [6, 6.07) is 22.9. The van der Waals surface area contributed by atoms with Crippen LogP contribution >= 0.6 is 22.6 Å². The van der Waals surface area contributed by atoms with E-state index in [1.165, 1.54) is 3.57 Å². The van der Waals surface area contributed by atoms with Crippen molar-refractivity contribution in [1.29, 1.82) is 0 Å². The summed E-state index contributed by atoms with van der Waals surface area (Å²) < 4.78 is 20.7. The third-order valence-electron chi connectivity index (χ3n) is 6.49. The van der Waals surface area contributed by atoms with Gasteiger partial charge in [-0.2, -0.15) is 0 Å². The van der Waals surface area contributed by atoms with E-state index >= 15 is 0 Å². The molecule has 3 aromatic carbocycles. The van der Waals surface area contributed by atoms with Gasteiger partial charge in [-0.15, -0.1) is 0 Å². The molecule has 1 saturated heterocycles. The highest BCUT2D eigenvalue weighted by Crippen LogP contribution is 2.24. The van der Waals surface area contributed by atoms with E-state index in [0.717, 1.165) is 22.4 Å².